The minimum atomic E-state index is -4.49. The van der Waals surface area contributed by atoms with Crippen LogP contribution in [0.25, 0.3) is 5.69 Å². The van der Waals surface area contributed by atoms with Gasteiger partial charge >= 0.3 is 5.56 Å². The van der Waals surface area contributed by atoms with Gasteiger partial charge in [-0.05, 0) is 43.7 Å². The minimum Gasteiger partial charge on any atom is -0.448 e. The fourth-order valence-electron chi connectivity index (χ4n) is 2.42. The lowest BCUT2D eigenvalue weighted by atomic mass is 10.2. The van der Waals surface area contributed by atoms with Gasteiger partial charge in [0.1, 0.15) is 10.6 Å². The SMILES string of the molecule is Cc1ccc(Oc2c(C)[nH]n(-c3ccccc3)c2=O)c(S(=O)(=O)O)c1. The molecule has 3 rings (SSSR count). The van der Waals surface area contributed by atoms with E-state index in [1.165, 1.54) is 16.8 Å². The van der Waals surface area contributed by atoms with Crippen LogP contribution in [0, 0.1) is 13.8 Å². The molecule has 25 heavy (non-hydrogen) atoms. The molecule has 1 heterocycles. The first-order valence-corrected chi connectivity index (χ1v) is 8.84. The van der Waals surface area contributed by atoms with Crippen molar-refractivity contribution >= 4 is 10.1 Å². The van der Waals surface area contributed by atoms with Crippen LogP contribution in [0.5, 0.6) is 11.5 Å². The summed E-state index contributed by atoms with van der Waals surface area (Å²) in [6.07, 6.45) is 0. The first kappa shape index (κ1) is 17.0. The van der Waals surface area contributed by atoms with Crippen molar-refractivity contribution in [1.29, 1.82) is 0 Å². The molecule has 8 heteroatoms. The summed E-state index contributed by atoms with van der Waals surface area (Å²) in [5.41, 5.74) is 1.21. The molecule has 0 aliphatic carbocycles. The average Bonchev–Trinajstić information content (AvgIpc) is 2.84. The average molecular weight is 360 g/mol. The number of benzene rings is 2. The van der Waals surface area contributed by atoms with E-state index in [0.717, 1.165) is 0 Å². The summed E-state index contributed by atoms with van der Waals surface area (Å²) >= 11 is 0. The molecule has 0 aliphatic heterocycles. The lowest BCUT2D eigenvalue weighted by molar-refractivity contribution is 0.444. The van der Waals surface area contributed by atoms with Crippen LogP contribution >= 0.6 is 0 Å². The highest BCUT2D eigenvalue weighted by atomic mass is 32.2. The topological polar surface area (TPSA) is 101 Å². The van der Waals surface area contributed by atoms with E-state index >= 15 is 0 Å². The zero-order valence-corrected chi connectivity index (χ0v) is 14.4. The lowest BCUT2D eigenvalue weighted by Gasteiger charge is -2.08. The maximum Gasteiger partial charge on any atom is 0.314 e. The molecular formula is C17H16N2O5S. The van der Waals surface area contributed by atoms with E-state index < -0.39 is 20.6 Å². The number of para-hydroxylation sites is 1. The molecule has 0 fully saturated rings. The summed E-state index contributed by atoms with van der Waals surface area (Å²) in [7, 11) is -4.49. The highest BCUT2D eigenvalue weighted by Crippen LogP contribution is 2.29. The fourth-order valence-corrected chi connectivity index (χ4v) is 3.12. The van der Waals surface area contributed by atoms with Gasteiger partial charge in [-0.2, -0.15) is 8.42 Å². The molecule has 0 atom stereocenters. The molecule has 130 valence electrons. The number of nitrogens with one attached hydrogen (secondary N) is 1. The van der Waals surface area contributed by atoms with Crippen molar-refractivity contribution in [2.75, 3.05) is 0 Å². The van der Waals surface area contributed by atoms with Gasteiger partial charge in [0.2, 0.25) is 5.75 Å². The third-order valence-corrected chi connectivity index (χ3v) is 4.50. The van der Waals surface area contributed by atoms with Crippen molar-refractivity contribution in [3.8, 4) is 17.2 Å². The molecule has 0 saturated heterocycles. The van der Waals surface area contributed by atoms with Crippen molar-refractivity contribution in [2.24, 2.45) is 0 Å². The van der Waals surface area contributed by atoms with Gasteiger partial charge in [0, 0.05) is 0 Å². The van der Waals surface area contributed by atoms with E-state index in [-0.39, 0.29) is 11.5 Å². The zero-order chi connectivity index (χ0) is 18.2. The third kappa shape index (κ3) is 3.35. The Labute approximate surface area is 144 Å². The molecule has 0 unspecified atom stereocenters. The molecule has 0 saturated carbocycles. The van der Waals surface area contributed by atoms with Crippen LogP contribution in [-0.4, -0.2) is 22.8 Å². The van der Waals surface area contributed by atoms with Gasteiger partial charge in [-0.3, -0.25) is 14.4 Å². The van der Waals surface area contributed by atoms with Crippen LogP contribution in [0.3, 0.4) is 0 Å². The van der Waals surface area contributed by atoms with Gasteiger partial charge in [0.25, 0.3) is 10.1 Å². The summed E-state index contributed by atoms with van der Waals surface area (Å²) < 4.78 is 39.4. The van der Waals surface area contributed by atoms with Gasteiger partial charge in [0.05, 0.1) is 11.4 Å². The van der Waals surface area contributed by atoms with E-state index in [1.807, 2.05) is 6.07 Å². The second-order valence-corrected chi connectivity index (χ2v) is 6.96. The number of hydrogen-bond acceptors (Lipinski definition) is 4. The van der Waals surface area contributed by atoms with E-state index in [2.05, 4.69) is 5.10 Å². The van der Waals surface area contributed by atoms with Crippen LogP contribution in [-0.2, 0) is 10.1 Å². The van der Waals surface area contributed by atoms with Gasteiger partial charge in [-0.15, -0.1) is 0 Å². The Kier molecular flexibility index (Phi) is 4.23. The maximum atomic E-state index is 12.6. The Morgan fingerprint density at radius 1 is 1.08 bits per heavy atom. The molecule has 1 aromatic heterocycles. The highest BCUT2D eigenvalue weighted by Gasteiger charge is 2.21. The quantitative estimate of drug-likeness (QED) is 0.697. The Morgan fingerprint density at radius 3 is 2.40 bits per heavy atom. The monoisotopic (exact) mass is 360 g/mol. The van der Waals surface area contributed by atoms with Crippen LogP contribution in [0.1, 0.15) is 11.3 Å². The van der Waals surface area contributed by atoms with E-state index in [4.69, 9.17) is 4.74 Å². The smallest absolute Gasteiger partial charge is 0.314 e. The van der Waals surface area contributed by atoms with Crippen LogP contribution in [0.4, 0.5) is 0 Å². The Bertz CT molecular complexity index is 1080. The number of aromatic amines is 1. The van der Waals surface area contributed by atoms with Crippen molar-refractivity contribution in [1.82, 2.24) is 9.78 Å². The number of rotatable bonds is 4. The van der Waals surface area contributed by atoms with Crippen LogP contribution in [0.15, 0.2) is 58.2 Å². The van der Waals surface area contributed by atoms with Gasteiger partial charge in [0.15, 0.2) is 0 Å². The van der Waals surface area contributed by atoms with Crippen molar-refractivity contribution in [3.05, 3.63) is 70.1 Å². The summed E-state index contributed by atoms with van der Waals surface area (Å²) in [4.78, 5) is 12.2. The van der Waals surface area contributed by atoms with Crippen LogP contribution < -0.4 is 10.3 Å². The number of nitrogens with zero attached hydrogens (tertiary/aromatic N) is 1. The third-order valence-electron chi connectivity index (χ3n) is 3.62. The molecule has 0 bridgehead atoms. The highest BCUT2D eigenvalue weighted by molar-refractivity contribution is 7.86. The number of H-pyrrole nitrogens is 1. The molecule has 0 aliphatic rings. The molecule has 0 amide bonds. The maximum absolute atomic E-state index is 12.6. The molecule has 0 spiro atoms. The number of hydrogen-bond donors (Lipinski definition) is 2. The predicted molar refractivity (Wildman–Crippen MR) is 92.2 cm³/mol. The number of aryl methyl sites for hydroxylation is 2. The Morgan fingerprint density at radius 2 is 1.76 bits per heavy atom. The van der Waals surface area contributed by atoms with Crippen molar-refractivity contribution in [3.63, 3.8) is 0 Å². The molecular weight excluding hydrogens is 344 g/mol. The zero-order valence-electron chi connectivity index (χ0n) is 13.6. The minimum absolute atomic E-state index is 0.0439. The standard InChI is InChI=1S/C17H16N2O5S/c1-11-8-9-14(15(10-11)25(21,22)23)24-16-12(2)18-19(17(16)20)13-6-4-3-5-7-13/h3-10,18H,1-2H3,(H,21,22,23). The van der Waals surface area contributed by atoms with E-state index in [0.29, 0.717) is 16.9 Å². The van der Waals surface area contributed by atoms with E-state index in [1.54, 1.807) is 44.2 Å². The molecule has 3 aromatic rings. The summed E-state index contributed by atoms with van der Waals surface area (Å²) in [6.45, 7) is 3.32. The predicted octanol–water partition coefficient (Wildman–Crippen LogP) is 2.82. The number of aromatic nitrogens is 2. The number of ether oxygens (including phenoxy) is 1. The molecule has 2 aromatic carbocycles. The first-order valence-electron chi connectivity index (χ1n) is 7.40. The first-order chi connectivity index (χ1) is 11.8. The summed E-state index contributed by atoms with van der Waals surface area (Å²) in [5, 5.41) is 2.89. The van der Waals surface area contributed by atoms with Gasteiger partial charge in [-0.25, -0.2) is 4.68 Å². The van der Waals surface area contributed by atoms with Crippen molar-refractivity contribution in [2.45, 2.75) is 18.7 Å². The Balaban J connectivity index is 2.09. The van der Waals surface area contributed by atoms with E-state index in [9.17, 15) is 17.8 Å². The fraction of sp³-hybridized carbons (Fsp3) is 0.118. The van der Waals surface area contributed by atoms with Crippen molar-refractivity contribution < 1.29 is 17.7 Å². The van der Waals surface area contributed by atoms with Gasteiger partial charge < -0.3 is 4.74 Å². The lowest BCUT2D eigenvalue weighted by Crippen LogP contribution is -2.15. The molecule has 2 N–H and O–H groups in total. The summed E-state index contributed by atoms with van der Waals surface area (Å²) in [5.74, 6) is -0.162. The van der Waals surface area contributed by atoms with Crippen LogP contribution in [0.2, 0.25) is 0 Å². The molecule has 7 nitrogen and oxygen atoms in total. The summed E-state index contributed by atoms with van der Waals surface area (Å²) in [6, 6.07) is 13.2. The second-order valence-electron chi connectivity index (χ2n) is 5.57. The normalized spacial score (nSPS) is 11.5. The van der Waals surface area contributed by atoms with Gasteiger partial charge in [-0.1, -0.05) is 24.3 Å². The Hall–Kier alpha value is -2.84. The molecule has 0 radical (unpaired) electrons. The largest absolute Gasteiger partial charge is 0.448 e. The second kappa shape index (κ2) is 6.23.